The third-order valence-electron chi connectivity index (χ3n) is 7.24. The summed E-state index contributed by atoms with van der Waals surface area (Å²) < 4.78 is 35.2. The Morgan fingerprint density at radius 1 is 0.931 bits per heavy atom. The van der Waals surface area contributed by atoms with E-state index in [1.54, 1.807) is 12.1 Å². The number of hydrogen-bond acceptors (Lipinski definition) is 2. The molecule has 1 atom stereocenters. The first-order chi connectivity index (χ1) is 14.0. The van der Waals surface area contributed by atoms with Crippen molar-refractivity contribution in [1.82, 2.24) is 0 Å². The molecule has 1 aromatic carbocycles. The molecule has 1 aromatic rings. The number of rotatable bonds is 8. The third-order valence-corrected chi connectivity index (χ3v) is 7.76. The Bertz CT molecular complexity index is 634. The van der Waals surface area contributed by atoms with E-state index in [-0.39, 0.29) is 17.8 Å². The molecule has 4 heteroatoms. The largest absolute Gasteiger partial charge is 0.488 e. The van der Waals surface area contributed by atoms with Gasteiger partial charge in [-0.3, -0.25) is 0 Å². The predicted octanol–water partition coefficient (Wildman–Crippen LogP) is 8.07. The molecule has 0 bridgehead atoms. The van der Waals surface area contributed by atoms with Crippen LogP contribution in [-0.2, 0) is 0 Å². The van der Waals surface area contributed by atoms with E-state index >= 15 is 0 Å². The highest BCUT2D eigenvalue weighted by atomic mass is 32.1. The lowest BCUT2D eigenvalue weighted by Gasteiger charge is -2.37. The Hall–Kier alpha value is -0.770. The van der Waals surface area contributed by atoms with Crippen LogP contribution in [0.1, 0.15) is 102 Å². The Kier molecular flexibility index (Phi) is 8.70. The van der Waals surface area contributed by atoms with Crippen LogP contribution >= 0.6 is 12.6 Å². The molecule has 0 aliphatic heterocycles. The van der Waals surface area contributed by atoms with E-state index in [1.165, 1.54) is 25.7 Å². The Morgan fingerprint density at radius 2 is 1.55 bits per heavy atom. The second-order valence-corrected chi connectivity index (χ2v) is 10.1. The van der Waals surface area contributed by atoms with E-state index in [1.807, 2.05) is 6.92 Å². The van der Waals surface area contributed by atoms with Gasteiger partial charge in [0.1, 0.15) is 0 Å². The maximum absolute atomic E-state index is 14.8. The van der Waals surface area contributed by atoms with Crippen molar-refractivity contribution in [2.75, 3.05) is 0 Å². The van der Waals surface area contributed by atoms with E-state index < -0.39 is 11.6 Å². The molecular weight excluding hydrogens is 386 g/mol. The summed E-state index contributed by atoms with van der Waals surface area (Å²) >= 11 is 4.61. The van der Waals surface area contributed by atoms with Crippen molar-refractivity contribution >= 4 is 12.6 Å². The molecule has 0 N–H and O–H groups in total. The molecule has 0 aromatic heterocycles. The summed E-state index contributed by atoms with van der Waals surface area (Å²) in [5.74, 6) is 0.268. The van der Waals surface area contributed by atoms with Crippen molar-refractivity contribution in [3.63, 3.8) is 0 Å². The second kappa shape index (κ2) is 11.0. The topological polar surface area (TPSA) is 9.23 Å². The molecule has 2 fully saturated rings. The summed E-state index contributed by atoms with van der Waals surface area (Å²) in [5, 5.41) is 0.578. The standard InChI is InChI=1S/C25H38F2OS/c1-3-4-5-6-17(2)28-23-16-15-22(24(26)25(23)27)20-9-7-18(8-10-20)19-11-13-21(29)14-12-19/h15-21,29H,3-14H2,1-2H3. The number of hydrogen-bond donors (Lipinski definition) is 1. The molecule has 0 amide bonds. The molecule has 1 unspecified atom stereocenters. The van der Waals surface area contributed by atoms with Crippen molar-refractivity contribution in [2.45, 2.75) is 108 Å². The zero-order valence-electron chi connectivity index (χ0n) is 18.1. The van der Waals surface area contributed by atoms with Gasteiger partial charge in [0.05, 0.1) is 6.10 Å². The van der Waals surface area contributed by atoms with Crippen molar-refractivity contribution in [3.8, 4) is 5.75 Å². The van der Waals surface area contributed by atoms with Crippen LogP contribution in [-0.4, -0.2) is 11.4 Å². The van der Waals surface area contributed by atoms with E-state index in [0.29, 0.717) is 10.8 Å². The number of halogens is 2. The molecule has 2 saturated carbocycles. The van der Waals surface area contributed by atoms with Crippen LogP contribution in [0.4, 0.5) is 8.78 Å². The van der Waals surface area contributed by atoms with Crippen LogP contribution in [0, 0.1) is 23.5 Å². The molecule has 29 heavy (non-hydrogen) atoms. The minimum atomic E-state index is -0.806. The molecule has 164 valence electrons. The molecule has 2 aliphatic rings. The lowest BCUT2D eigenvalue weighted by atomic mass is 9.70. The first-order valence-corrected chi connectivity index (χ1v) is 12.3. The molecule has 0 spiro atoms. The van der Waals surface area contributed by atoms with E-state index in [0.717, 1.165) is 63.2 Å². The van der Waals surface area contributed by atoms with Gasteiger partial charge in [-0.1, -0.05) is 25.8 Å². The lowest BCUT2D eigenvalue weighted by Crippen LogP contribution is -2.25. The van der Waals surface area contributed by atoms with Crippen LogP contribution in [0.5, 0.6) is 5.75 Å². The summed E-state index contributed by atoms with van der Waals surface area (Å²) in [6, 6.07) is 3.41. The second-order valence-electron chi connectivity index (χ2n) is 9.39. The van der Waals surface area contributed by atoms with Crippen molar-refractivity contribution < 1.29 is 13.5 Å². The fourth-order valence-electron chi connectivity index (χ4n) is 5.39. The first-order valence-electron chi connectivity index (χ1n) is 11.8. The van der Waals surface area contributed by atoms with Crippen molar-refractivity contribution in [1.29, 1.82) is 0 Å². The number of unbranched alkanes of at least 4 members (excludes halogenated alkanes) is 2. The minimum absolute atomic E-state index is 0.0625. The van der Waals surface area contributed by atoms with Gasteiger partial charge in [0.2, 0.25) is 5.82 Å². The minimum Gasteiger partial charge on any atom is -0.488 e. The van der Waals surface area contributed by atoms with Gasteiger partial charge in [-0.05, 0) is 101 Å². The Labute approximate surface area is 181 Å². The monoisotopic (exact) mass is 424 g/mol. The summed E-state index contributed by atoms with van der Waals surface area (Å²) in [6.07, 6.45) is 13.4. The Balaban J connectivity index is 1.55. The van der Waals surface area contributed by atoms with E-state index in [4.69, 9.17) is 4.74 Å². The first kappa shape index (κ1) is 22.9. The van der Waals surface area contributed by atoms with Gasteiger partial charge in [-0.2, -0.15) is 17.0 Å². The maximum Gasteiger partial charge on any atom is 0.200 e. The van der Waals surface area contributed by atoms with Crippen LogP contribution < -0.4 is 4.74 Å². The molecule has 3 rings (SSSR count). The van der Waals surface area contributed by atoms with Gasteiger partial charge in [0, 0.05) is 5.25 Å². The zero-order chi connectivity index (χ0) is 20.8. The summed E-state index contributed by atoms with van der Waals surface area (Å²) in [5.41, 5.74) is 0.547. The highest BCUT2D eigenvalue weighted by Gasteiger charge is 2.32. The zero-order valence-corrected chi connectivity index (χ0v) is 19.0. The fourth-order valence-corrected chi connectivity index (χ4v) is 5.68. The smallest absolute Gasteiger partial charge is 0.200 e. The molecular formula is C25H38F2OS. The van der Waals surface area contributed by atoms with Gasteiger partial charge < -0.3 is 4.74 Å². The summed E-state index contributed by atoms with van der Waals surface area (Å²) in [7, 11) is 0. The van der Waals surface area contributed by atoms with Gasteiger partial charge >= 0.3 is 0 Å². The van der Waals surface area contributed by atoms with Crippen LogP contribution in [0.25, 0.3) is 0 Å². The average molecular weight is 425 g/mol. The van der Waals surface area contributed by atoms with Gasteiger partial charge in [-0.15, -0.1) is 0 Å². The summed E-state index contributed by atoms with van der Waals surface area (Å²) in [4.78, 5) is 0. The Morgan fingerprint density at radius 3 is 2.17 bits per heavy atom. The van der Waals surface area contributed by atoms with Crippen molar-refractivity contribution in [2.24, 2.45) is 11.8 Å². The summed E-state index contributed by atoms with van der Waals surface area (Å²) in [6.45, 7) is 4.09. The predicted molar refractivity (Wildman–Crippen MR) is 120 cm³/mol. The van der Waals surface area contributed by atoms with Gasteiger partial charge in [0.15, 0.2) is 11.6 Å². The molecule has 0 heterocycles. The number of benzene rings is 1. The number of ether oxygens (including phenoxy) is 1. The van der Waals surface area contributed by atoms with Crippen molar-refractivity contribution in [3.05, 3.63) is 29.3 Å². The third kappa shape index (κ3) is 6.12. The molecule has 1 nitrogen and oxygen atoms in total. The number of thiol groups is 1. The molecule has 0 saturated heterocycles. The maximum atomic E-state index is 14.8. The molecule has 2 aliphatic carbocycles. The lowest BCUT2D eigenvalue weighted by molar-refractivity contribution is 0.185. The van der Waals surface area contributed by atoms with Gasteiger partial charge in [-0.25, -0.2) is 4.39 Å². The highest BCUT2D eigenvalue weighted by Crippen LogP contribution is 2.44. The van der Waals surface area contributed by atoms with Gasteiger partial charge in [0.25, 0.3) is 0 Å². The fraction of sp³-hybridized carbons (Fsp3) is 0.760. The van der Waals surface area contributed by atoms with Crippen LogP contribution in [0.3, 0.4) is 0 Å². The normalized spacial score (nSPS) is 28.9. The van der Waals surface area contributed by atoms with E-state index in [2.05, 4.69) is 19.6 Å². The highest BCUT2D eigenvalue weighted by molar-refractivity contribution is 7.80. The molecule has 0 radical (unpaired) electrons. The SMILES string of the molecule is CCCCCC(C)Oc1ccc(C2CCC(C3CCC(S)CC3)CC2)c(F)c1F. The quantitative estimate of drug-likeness (QED) is 0.328. The average Bonchev–Trinajstić information content (AvgIpc) is 2.73. The van der Waals surface area contributed by atoms with Crippen LogP contribution in [0.15, 0.2) is 12.1 Å². The van der Waals surface area contributed by atoms with E-state index in [9.17, 15) is 8.78 Å². The van der Waals surface area contributed by atoms with Crippen LogP contribution in [0.2, 0.25) is 0 Å².